The van der Waals surface area contributed by atoms with Gasteiger partial charge in [0.2, 0.25) is 0 Å². The molecule has 1 N–H and O–H groups in total. The molecule has 1 aliphatic rings. The first-order chi connectivity index (χ1) is 8.11. The molecule has 88 valence electrons. The number of carbonyl (C=O) groups excluding carboxylic acids is 1. The summed E-state index contributed by atoms with van der Waals surface area (Å²) in [4.78, 5) is 11.9. The predicted octanol–water partition coefficient (Wildman–Crippen LogP) is 3.13. The molecular formula is C12H10BrClN2O. The van der Waals surface area contributed by atoms with Crippen molar-refractivity contribution in [3.05, 3.63) is 33.3 Å². The number of nitriles is 1. The highest BCUT2D eigenvalue weighted by Gasteiger charge is 2.32. The summed E-state index contributed by atoms with van der Waals surface area (Å²) in [6.45, 7) is 0. The summed E-state index contributed by atoms with van der Waals surface area (Å²) in [5.74, 6) is 0.0627. The maximum atomic E-state index is 11.9. The maximum Gasteiger partial charge on any atom is 0.252 e. The molecule has 1 amide bonds. The van der Waals surface area contributed by atoms with Crippen LogP contribution in [0, 0.1) is 17.2 Å². The SMILES string of the molecule is N#CC(NC(=O)c1ccc(Br)c(Cl)c1)C1CC1. The minimum absolute atomic E-state index is 0.252. The Morgan fingerprint density at radius 3 is 2.82 bits per heavy atom. The molecular weight excluding hydrogens is 304 g/mol. The number of benzene rings is 1. The predicted molar refractivity (Wildman–Crippen MR) is 68.7 cm³/mol. The number of carbonyl (C=O) groups is 1. The standard InChI is InChI=1S/C12H10BrClN2O/c13-9-4-3-8(5-10(9)14)12(17)16-11(6-15)7-1-2-7/h3-5,7,11H,1-2H2,(H,16,17). The van der Waals surface area contributed by atoms with E-state index in [0.29, 0.717) is 16.5 Å². The number of halogens is 2. The molecule has 1 aliphatic carbocycles. The smallest absolute Gasteiger partial charge is 0.252 e. The van der Waals surface area contributed by atoms with Gasteiger partial charge in [-0.05, 0) is 52.9 Å². The van der Waals surface area contributed by atoms with Gasteiger partial charge < -0.3 is 5.32 Å². The van der Waals surface area contributed by atoms with Crippen LogP contribution in [0.2, 0.25) is 5.02 Å². The Balaban J connectivity index is 2.08. The van der Waals surface area contributed by atoms with Gasteiger partial charge >= 0.3 is 0 Å². The van der Waals surface area contributed by atoms with Gasteiger partial charge in [-0.1, -0.05) is 11.6 Å². The van der Waals surface area contributed by atoms with Crippen LogP contribution in [0.15, 0.2) is 22.7 Å². The molecule has 0 spiro atoms. The Morgan fingerprint density at radius 2 is 2.29 bits per heavy atom. The summed E-state index contributed by atoms with van der Waals surface area (Å²) in [7, 11) is 0. The Labute approximate surface area is 113 Å². The van der Waals surface area contributed by atoms with Crippen LogP contribution in [0.5, 0.6) is 0 Å². The van der Waals surface area contributed by atoms with Crippen molar-refractivity contribution >= 4 is 33.4 Å². The highest BCUT2D eigenvalue weighted by molar-refractivity contribution is 9.10. The van der Waals surface area contributed by atoms with Crippen molar-refractivity contribution in [2.45, 2.75) is 18.9 Å². The summed E-state index contributed by atoms with van der Waals surface area (Å²) < 4.78 is 0.745. The second kappa shape index (κ2) is 5.07. The molecule has 17 heavy (non-hydrogen) atoms. The number of rotatable bonds is 3. The van der Waals surface area contributed by atoms with E-state index < -0.39 is 0 Å². The first-order valence-corrected chi connectivity index (χ1v) is 6.44. The van der Waals surface area contributed by atoms with Crippen molar-refractivity contribution in [1.82, 2.24) is 5.32 Å². The van der Waals surface area contributed by atoms with Crippen LogP contribution in [-0.4, -0.2) is 11.9 Å². The highest BCUT2D eigenvalue weighted by atomic mass is 79.9. The summed E-state index contributed by atoms with van der Waals surface area (Å²) in [5.41, 5.74) is 0.471. The average molecular weight is 314 g/mol. The van der Waals surface area contributed by atoms with Gasteiger partial charge in [0.1, 0.15) is 6.04 Å². The van der Waals surface area contributed by atoms with Gasteiger partial charge in [-0.25, -0.2) is 0 Å². The Hall–Kier alpha value is -1.05. The zero-order chi connectivity index (χ0) is 12.4. The zero-order valence-corrected chi connectivity index (χ0v) is 11.3. The minimum Gasteiger partial charge on any atom is -0.336 e. The van der Waals surface area contributed by atoms with E-state index in [9.17, 15) is 4.79 Å². The van der Waals surface area contributed by atoms with Crippen LogP contribution in [0.3, 0.4) is 0 Å². The van der Waals surface area contributed by atoms with E-state index in [1.165, 1.54) is 0 Å². The molecule has 0 bridgehead atoms. The van der Waals surface area contributed by atoms with Crippen LogP contribution < -0.4 is 5.32 Å². The molecule has 1 aromatic rings. The minimum atomic E-state index is -0.384. The normalized spacial score (nSPS) is 16.1. The first kappa shape index (κ1) is 12.4. The van der Waals surface area contributed by atoms with Crippen molar-refractivity contribution in [2.75, 3.05) is 0 Å². The quantitative estimate of drug-likeness (QED) is 0.932. The fourth-order valence-corrected chi connectivity index (χ4v) is 1.97. The molecule has 1 saturated carbocycles. The third kappa shape index (κ3) is 2.99. The van der Waals surface area contributed by atoms with Crippen LogP contribution >= 0.6 is 27.5 Å². The molecule has 1 unspecified atom stereocenters. The van der Waals surface area contributed by atoms with Gasteiger partial charge in [0, 0.05) is 10.0 Å². The van der Waals surface area contributed by atoms with Gasteiger partial charge in [-0.2, -0.15) is 5.26 Å². The van der Waals surface area contributed by atoms with Crippen LogP contribution in [0.1, 0.15) is 23.2 Å². The van der Waals surface area contributed by atoms with Gasteiger partial charge in [-0.15, -0.1) is 0 Å². The second-order valence-electron chi connectivity index (χ2n) is 4.05. The van der Waals surface area contributed by atoms with E-state index in [2.05, 4.69) is 27.3 Å². The molecule has 0 aromatic heterocycles. The largest absolute Gasteiger partial charge is 0.336 e. The fourth-order valence-electron chi connectivity index (χ4n) is 1.55. The van der Waals surface area contributed by atoms with E-state index in [0.717, 1.165) is 17.3 Å². The average Bonchev–Trinajstić information content (AvgIpc) is 3.13. The third-order valence-electron chi connectivity index (χ3n) is 2.70. The van der Waals surface area contributed by atoms with E-state index >= 15 is 0 Å². The van der Waals surface area contributed by atoms with Crippen LogP contribution in [-0.2, 0) is 0 Å². The van der Waals surface area contributed by atoms with Gasteiger partial charge in [0.05, 0.1) is 11.1 Å². The van der Waals surface area contributed by atoms with Crippen molar-refractivity contribution in [2.24, 2.45) is 5.92 Å². The lowest BCUT2D eigenvalue weighted by molar-refractivity contribution is 0.0942. The number of hydrogen-bond acceptors (Lipinski definition) is 2. The van der Waals surface area contributed by atoms with Crippen molar-refractivity contribution in [1.29, 1.82) is 5.26 Å². The molecule has 0 radical (unpaired) electrons. The van der Waals surface area contributed by atoms with E-state index in [1.807, 2.05) is 0 Å². The lowest BCUT2D eigenvalue weighted by atomic mass is 10.1. The van der Waals surface area contributed by atoms with Crippen molar-refractivity contribution in [3.63, 3.8) is 0 Å². The zero-order valence-electron chi connectivity index (χ0n) is 8.91. The summed E-state index contributed by atoms with van der Waals surface area (Å²) in [6, 6.07) is 6.71. The number of amides is 1. The van der Waals surface area contributed by atoms with E-state index in [-0.39, 0.29) is 11.9 Å². The Morgan fingerprint density at radius 1 is 1.59 bits per heavy atom. The van der Waals surface area contributed by atoms with Gasteiger partial charge in [0.25, 0.3) is 5.91 Å². The molecule has 0 saturated heterocycles. The second-order valence-corrected chi connectivity index (χ2v) is 5.31. The topological polar surface area (TPSA) is 52.9 Å². The van der Waals surface area contributed by atoms with E-state index in [1.54, 1.807) is 18.2 Å². The molecule has 0 heterocycles. The summed E-state index contributed by atoms with van der Waals surface area (Å²) in [5, 5.41) is 12.1. The van der Waals surface area contributed by atoms with Crippen molar-refractivity contribution < 1.29 is 4.79 Å². The number of hydrogen-bond donors (Lipinski definition) is 1. The summed E-state index contributed by atoms with van der Waals surface area (Å²) in [6.07, 6.45) is 2.03. The van der Waals surface area contributed by atoms with Crippen LogP contribution in [0.25, 0.3) is 0 Å². The molecule has 1 aromatic carbocycles. The van der Waals surface area contributed by atoms with Gasteiger partial charge in [0.15, 0.2) is 0 Å². The maximum absolute atomic E-state index is 11.9. The third-order valence-corrected chi connectivity index (χ3v) is 3.93. The lowest BCUT2D eigenvalue weighted by Gasteiger charge is -2.10. The Kier molecular flexibility index (Phi) is 3.70. The highest BCUT2D eigenvalue weighted by Crippen LogP contribution is 2.32. The monoisotopic (exact) mass is 312 g/mol. The lowest BCUT2D eigenvalue weighted by Crippen LogP contribution is -2.35. The molecule has 3 nitrogen and oxygen atoms in total. The summed E-state index contributed by atoms with van der Waals surface area (Å²) >= 11 is 9.17. The number of nitrogens with one attached hydrogen (secondary N) is 1. The molecule has 5 heteroatoms. The Bertz CT molecular complexity index is 494. The first-order valence-electron chi connectivity index (χ1n) is 5.27. The number of nitrogens with zero attached hydrogens (tertiary/aromatic N) is 1. The van der Waals surface area contributed by atoms with E-state index in [4.69, 9.17) is 16.9 Å². The van der Waals surface area contributed by atoms with Gasteiger partial charge in [-0.3, -0.25) is 4.79 Å². The molecule has 1 fully saturated rings. The van der Waals surface area contributed by atoms with Crippen molar-refractivity contribution in [3.8, 4) is 6.07 Å². The molecule has 0 aliphatic heterocycles. The molecule has 1 atom stereocenters. The molecule has 2 rings (SSSR count). The fraction of sp³-hybridized carbons (Fsp3) is 0.333. The van der Waals surface area contributed by atoms with Crippen LogP contribution in [0.4, 0.5) is 0 Å².